The number of amides is 1. The second kappa shape index (κ2) is 6.89. The molecule has 3 heterocycles. The Labute approximate surface area is 150 Å². The van der Waals surface area contributed by atoms with Gasteiger partial charge in [-0.05, 0) is 24.6 Å². The summed E-state index contributed by atoms with van der Waals surface area (Å²) in [6.07, 6.45) is 0.0126. The summed E-state index contributed by atoms with van der Waals surface area (Å²) in [6, 6.07) is 9.46. The highest BCUT2D eigenvalue weighted by Crippen LogP contribution is 2.19. The first-order valence-electron chi connectivity index (χ1n) is 8.71. The van der Waals surface area contributed by atoms with Gasteiger partial charge in [0.25, 0.3) is 0 Å². The minimum absolute atomic E-state index is 0.00274. The van der Waals surface area contributed by atoms with Crippen molar-refractivity contribution in [3.05, 3.63) is 47.5 Å². The van der Waals surface area contributed by atoms with Crippen molar-refractivity contribution in [1.29, 1.82) is 0 Å². The van der Waals surface area contributed by atoms with E-state index < -0.39 is 6.10 Å². The van der Waals surface area contributed by atoms with Crippen LogP contribution in [0, 0.1) is 0 Å². The van der Waals surface area contributed by atoms with Crippen molar-refractivity contribution in [3.63, 3.8) is 0 Å². The second-order valence-electron chi connectivity index (χ2n) is 6.53. The topological polar surface area (TPSA) is 107 Å². The van der Waals surface area contributed by atoms with Crippen molar-refractivity contribution in [2.24, 2.45) is 0 Å². The summed E-state index contributed by atoms with van der Waals surface area (Å²) >= 11 is 0. The molecule has 3 aromatic rings. The first-order valence-corrected chi connectivity index (χ1v) is 8.71. The van der Waals surface area contributed by atoms with Gasteiger partial charge in [0.2, 0.25) is 5.91 Å². The number of aromatic amines is 1. The lowest BCUT2D eigenvalue weighted by molar-refractivity contribution is -0.131. The SMILES string of the molecule is O=C(Cc1nc2ccccc2[nH]1)N1CCCn2nc([C@H](O)CO)cc2C1. The number of nitrogens with zero attached hydrogens (tertiary/aromatic N) is 4. The van der Waals surface area contributed by atoms with Gasteiger partial charge >= 0.3 is 0 Å². The van der Waals surface area contributed by atoms with Gasteiger partial charge in [-0.3, -0.25) is 9.48 Å². The van der Waals surface area contributed by atoms with Crippen LogP contribution in [0.25, 0.3) is 11.0 Å². The van der Waals surface area contributed by atoms with Gasteiger partial charge in [0, 0.05) is 13.1 Å². The molecule has 1 atom stereocenters. The third-order valence-corrected chi connectivity index (χ3v) is 4.66. The Hall–Kier alpha value is -2.71. The Bertz CT molecular complexity index is 899. The highest BCUT2D eigenvalue weighted by atomic mass is 16.3. The van der Waals surface area contributed by atoms with Crippen LogP contribution in [0.2, 0.25) is 0 Å². The lowest BCUT2D eigenvalue weighted by Gasteiger charge is -2.19. The zero-order valence-corrected chi connectivity index (χ0v) is 14.3. The largest absolute Gasteiger partial charge is 0.393 e. The first-order chi connectivity index (χ1) is 12.6. The highest BCUT2D eigenvalue weighted by molar-refractivity contribution is 5.80. The molecule has 0 spiro atoms. The fraction of sp³-hybridized carbons (Fsp3) is 0.389. The van der Waals surface area contributed by atoms with Crippen molar-refractivity contribution in [3.8, 4) is 0 Å². The number of aryl methyl sites for hydroxylation is 1. The van der Waals surface area contributed by atoms with E-state index in [1.54, 1.807) is 11.0 Å². The number of carbonyl (C=O) groups excluding carboxylic acids is 1. The molecule has 8 nitrogen and oxygen atoms in total. The van der Waals surface area contributed by atoms with Gasteiger partial charge in [-0.2, -0.15) is 5.10 Å². The number of hydrogen-bond acceptors (Lipinski definition) is 5. The van der Waals surface area contributed by atoms with Crippen LogP contribution in [0.3, 0.4) is 0 Å². The van der Waals surface area contributed by atoms with Gasteiger partial charge in [0.15, 0.2) is 0 Å². The van der Waals surface area contributed by atoms with Crippen LogP contribution in [0.15, 0.2) is 30.3 Å². The predicted molar refractivity (Wildman–Crippen MR) is 94.1 cm³/mol. The van der Waals surface area contributed by atoms with Crippen LogP contribution < -0.4 is 0 Å². The van der Waals surface area contributed by atoms with Crippen molar-refractivity contribution in [2.45, 2.75) is 32.0 Å². The first kappa shape index (κ1) is 16.7. The molecular formula is C18H21N5O3. The van der Waals surface area contributed by atoms with E-state index in [1.165, 1.54) is 0 Å². The van der Waals surface area contributed by atoms with Crippen molar-refractivity contribution in [2.75, 3.05) is 13.2 Å². The van der Waals surface area contributed by atoms with Crippen LogP contribution in [0.5, 0.6) is 0 Å². The summed E-state index contributed by atoms with van der Waals surface area (Å²) in [4.78, 5) is 22.2. The molecule has 4 rings (SSSR count). The second-order valence-corrected chi connectivity index (χ2v) is 6.53. The smallest absolute Gasteiger partial charge is 0.230 e. The summed E-state index contributed by atoms with van der Waals surface area (Å²) in [6.45, 7) is 1.40. The number of hydrogen-bond donors (Lipinski definition) is 3. The van der Waals surface area contributed by atoms with E-state index in [0.717, 1.165) is 23.1 Å². The highest BCUT2D eigenvalue weighted by Gasteiger charge is 2.23. The molecule has 1 aromatic carbocycles. The van der Waals surface area contributed by atoms with Gasteiger partial charge in [-0.15, -0.1) is 0 Å². The number of benzene rings is 1. The van der Waals surface area contributed by atoms with E-state index >= 15 is 0 Å². The molecule has 1 aliphatic heterocycles. The molecule has 0 bridgehead atoms. The van der Waals surface area contributed by atoms with E-state index in [-0.39, 0.29) is 18.9 Å². The lowest BCUT2D eigenvalue weighted by atomic mass is 10.2. The Morgan fingerprint density at radius 3 is 2.96 bits per heavy atom. The number of nitrogens with one attached hydrogen (secondary N) is 1. The molecule has 26 heavy (non-hydrogen) atoms. The van der Waals surface area contributed by atoms with Crippen LogP contribution >= 0.6 is 0 Å². The van der Waals surface area contributed by atoms with E-state index in [0.29, 0.717) is 31.2 Å². The maximum absolute atomic E-state index is 12.8. The molecule has 0 saturated carbocycles. The molecule has 0 saturated heterocycles. The van der Waals surface area contributed by atoms with E-state index in [9.17, 15) is 9.90 Å². The number of aromatic nitrogens is 4. The summed E-state index contributed by atoms with van der Waals surface area (Å²) in [5.74, 6) is 0.660. The van der Waals surface area contributed by atoms with E-state index in [4.69, 9.17) is 5.11 Å². The van der Waals surface area contributed by atoms with Gasteiger partial charge in [0.1, 0.15) is 11.9 Å². The predicted octanol–water partition coefficient (Wildman–Crippen LogP) is 0.760. The molecule has 0 aliphatic carbocycles. The molecular weight excluding hydrogens is 334 g/mol. The van der Waals surface area contributed by atoms with Crippen LogP contribution in [0.1, 0.15) is 29.7 Å². The van der Waals surface area contributed by atoms with Crippen LogP contribution in [0.4, 0.5) is 0 Å². The number of fused-ring (bicyclic) bond motifs is 2. The maximum atomic E-state index is 12.8. The Morgan fingerprint density at radius 1 is 1.31 bits per heavy atom. The van der Waals surface area contributed by atoms with Crippen molar-refractivity contribution in [1.82, 2.24) is 24.6 Å². The van der Waals surface area contributed by atoms with E-state index in [2.05, 4.69) is 15.1 Å². The number of imidazole rings is 1. The molecule has 0 radical (unpaired) electrons. The zero-order valence-electron chi connectivity index (χ0n) is 14.3. The van der Waals surface area contributed by atoms with Crippen LogP contribution in [-0.4, -0.2) is 53.9 Å². The number of rotatable bonds is 4. The minimum atomic E-state index is -0.992. The summed E-state index contributed by atoms with van der Waals surface area (Å²) < 4.78 is 1.81. The summed E-state index contributed by atoms with van der Waals surface area (Å²) in [7, 11) is 0. The Morgan fingerprint density at radius 2 is 2.15 bits per heavy atom. The third-order valence-electron chi connectivity index (χ3n) is 4.66. The van der Waals surface area contributed by atoms with Crippen molar-refractivity contribution >= 4 is 16.9 Å². The lowest BCUT2D eigenvalue weighted by Crippen LogP contribution is -2.32. The molecule has 1 amide bonds. The molecule has 3 N–H and O–H groups in total. The standard InChI is InChI=1S/C18H21N5O3/c24-11-16(25)15-8-12-10-22(6-3-7-23(12)21-15)18(26)9-17-19-13-4-1-2-5-14(13)20-17/h1-2,4-5,8,16,24-25H,3,6-7,9-11H2,(H,19,20)/t16-/m1/s1. The average molecular weight is 355 g/mol. The quantitative estimate of drug-likeness (QED) is 0.640. The van der Waals surface area contributed by atoms with Crippen LogP contribution in [-0.2, 0) is 24.3 Å². The summed E-state index contributed by atoms with van der Waals surface area (Å²) in [5.41, 5.74) is 3.08. The zero-order chi connectivity index (χ0) is 18.1. The average Bonchev–Trinajstić information content (AvgIpc) is 3.18. The number of para-hydroxylation sites is 2. The third kappa shape index (κ3) is 3.21. The fourth-order valence-corrected chi connectivity index (χ4v) is 3.30. The Balaban J connectivity index is 1.50. The number of aliphatic hydroxyl groups excluding tert-OH is 2. The van der Waals surface area contributed by atoms with Crippen molar-refractivity contribution < 1.29 is 15.0 Å². The monoisotopic (exact) mass is 355 g/mol. The van der Waals surface area contributed by atoms with Gasteiger partial charge in [0.05, 0.1) is 42.0 Å². The number of H-pyrrole nitrogens is 1. The van der Waals surface area contributed by atoms with Gasteiger partial charge < -0.3 is 20.1 Å². The van der Waals surface area contributed by atoms with E-state index in [1.807, 2.05) is 28.9 Å². The minimum Gasteiger partial charge on any atom is -0.393 e. The van der Waals surface area contributed by atoms with Gasteiger partial charge in [-0.25, -0.2) is 4.98 Å². The molecule has 0 fully saturated rings. The summed E-state index contributed by atoms with van der Waals surface area (Å²) in [5, 5.41) is 23.2. The Kier molecular flexibility index (Phi) is 4.44. The molecule has 0 unspecified atom stereocenters. The molecule has 136 valence electrons. The normalized spacial score (nSPS) is 15.7. The molecule has 2 aromatic heterocycles. The number of aliphatic hydroxyl groups is 2. The maximum Gasteiger partial charge on any atom is 0.230 e. The molecule has 8 heteroatoms. The fourth-order valence-electron chi connectivity index (χ4n) is 3.30. The number of carbonyl (C=O) groups is 1. The molecule has 1 aliphatic rings. The van der Waals surface area contributed by atoms with Gasteiger partial charge in [-0.1, -0.05) is 12.1 Å².